The van der Waals surface area contributed by atoms with Crippen LogP contribution < -0.4 is 10.0 Å². The molecular weight excluding hydrogens is 393 g/mol. The van der Waals surface area contributed by atoms with E-state index in [1.54, 1.807) is 30.3 Å². The van der Waals surface area contributed by atoms with E-state index in [0.29, 0.717) is 11.5 Å². The minimum absolute atomic E-state index is 0.0894. The van der Waals surface area contributed by atoms with Crippen molar-refractivity contribution in [3.05, 3.63) is 66.2 Å². The van der Waals surface area contributed by atoms with Crippen LogP contribution in [0.2, 0.25) is 0 Å². The van der Waals surface area contributed by atoms with Gasteiger partial charge in [0.05, 0.1) is 16.1 Å². The molecule has 0 bridgehead atoms. The standard InChI is InChI=1S/C19H15F3N2O3S/c1-12(25)23-15-7-9-18(17(11-15)19(20,21)22)24-28(26,27)16-8-6-13-4-2-3-5-14(13)10-16/h2-11,24H,1H3,(H,23,25). The van der Waals surface area contributed by atoms with Gasteiger partial charge in [0.15, 0.2) is 0 Å². The lowest BCUT2D eigenvalue weighted by molar-refractivity contribution is -0.136. The maximum atomic E-state index is 13.4. The van der Waals surface area contributed by atoms with Crippen molar-refractivity contribution in [3.8, 4) is 0 Å². The monoisotopic (exact) mass is 408 g/mol. The van der Waals surface area contributed by atoms with Crippen molar-refractivity contribution in [3.63, 3.8) is 0 Å². The first-order chi connectivity index (χ1) is 13.1. The maximum Gasteiger partial charge on any atom is 0.418 e. The summed E-state index contributed by atoms with van der Waals surface area (Å²) < 4.78 is 67.5. The molecule has 3 rings (SSSR count). The molecule has 0 saturated carbocycles. The summed E-state index contributed by atoms with van der Waals surface area (Å²) in [7, 11) is -4.26. The second-order valence-corrected chi connectivity index (χ2v) is 7.74. The number of amides is 1. The van der Waals surface area contributed by atoms with E-state index in [1.165, 1.54) is 18.2 Å². The van der Waals surface area contributed by atoms with Crippen molar-refractivity contribution in [1.29, 1.82) is 0 Å². The van der Waals surface area contributed by atoms with Gasteiger partial charge in [-0.05, 0) is 41.1 Å². The Kier molecular flexibility index (Phi) is 5.03. The number of alkyl halides is 3. The minimum atomic E-state index is -4.82. The van der Waals surface area contributed by atoms with E-state index in [-0.39, 0.29) is 10.6 Å². The number of hydrogen-bond donors (Lipinski definition) is 2. The lowest BCUT2D eigenvalue weighted by Crippen LogP contribution is -2.18. The predicted molar refractivity (Wildman–Crippen MR) is 101 cm³/mol. The van der Waals surface area contributed by atoms with Crippen LogP contribution in [0.1, 0.15) is 12.5 Å². The highest BCUT2D eigenvalue weighted by molar-refractivity contribution is 7.92. The summed E-state index contributed by atoms with van der Waals surface area (Å²) in [5, 5.41) is 3.69. The molecule has 0 heterocycles. The number of sulfonamides is 1. The van der Waals surface area contributed by atoms with Gasteiger partial charge < -0.3 is 5.32 Å². The number of carbonyl (C=O) groups excluding carboxylic acids is 1. The van der Waals surface area contributed by atoms with E-state index in [1.807, 2.05) is 4.72 Å². The van der Waals surface area contributed by atoms with Crippen LogP contribution in [0.25, 0.3) is 10.8 Å². The first kappa shape index (κ1) is 19.7. The number of hydrogen-bond acceptors (Lipinski definition) is 3. The van der Waals surface area contributed by atoms with E-state index in [2.05, 4.69) is 5.32 Å². The van der Waals surface area contributed by atoms with Gasteiger partial charge in [0, 0.05) is 12.6 Å². The number of anilines is 2. The third-order valence-corrected chi connectivity index (χ3v) is 5.28. The second kappa shape index (κ2) is 7.16. The Morgan fingerprint density at radius 3 is 2.25 bits per heavy atom. The average molecular weight is 408 g/mol. The largest absolute Gasteiger partial charge is 0.418 e. The smallest absolute Gasteiger partial charge is 0.326 e. The van der Waals surface area contributed by atoms with Crippen LogP contribution in [0, 0.1) is 0 Å². The Bertz CT molecular complexity index is 1160. The number of carbonyl (C=O) groups is 1. The van der Waals surface area contributed by atoms with Crippen molar-refractivity contribution in [2.24, 2.45) is 0 Å². The molecule has 0 aliphatic carbocycles. The molecule has 3 aromatic rings. The highest BCUT2D eigenvalue weighted by Crippen LogP contribution is 2.37. The molecule has 0 aromatic heterocycles. The van der Waals surface area contributed by atoms with Crippen LogP contribution in [0.5, 0.6) is 0 Å². The van der Waals surface area contributed by atoms with Crippen LogP contribution in [-0.2, 0) is 21.0 Å². The zero-order chi connectivity index (χ0) is 20.5. The molecule has 0 aliphatic heterocycles. The number of halogens is 3. The topological polar surface area (TPSA) is 75.3 Å². The molecule has 0 saturated heterocycles. The van der Waals surface area contributed by atoms with Crippen molar-refractivity contribution >= 4 is 38.1 Å². The second-order valence-electron chi connectivity index (χ2n) is 6.05. The fourth-order valence-electron chi connectivity index (χ4n) is 2.69. The normalized spacial score (nSPS) is 12.0. The van der Waals surface area contributed by atoms with E-state index < -0.39 is 33.4 Å². The molecule has 1 amide bonds. The molecule has 2 N–H and O–H groups in total. The number of nitrogens with one attached hydrogen (secondary N) is 2. The molecule has 0 aliphatic rings. The summed E-state index contributed by atoms with van der Waals surface area (Å²) in [4.78, 5) is 10.9. The van der Waals surface area contributed by atoms with Gasteiger partial charge in [-0.25, -0.2) is 8.42 Å². The summed E-state index contributed by atoms with van der Waals surface area (Å²) in [6.07, 6.45) is -4.82. The van der Waals surface area contributed by atoms with Crippen LogP contribution in [0.3, 0.4) is 0 Å². The molecule has 0 atom stereocenters. The van der Waals surface area contributed by atoms with Gasteiger partial charge >= 0.3 is 6.18 Å². The zero-order valence-corrected chi connectivity index (χ0v) is 15.4. The third-order valence-electron chi connectivity index (χ3n) is 3.92. The molecule has 5 nitrogen and oxygen atoms in total. The first-order valence-corrected chi connectivity index (χ1v) is 9.55. The minimum Gasteiger partial charge on any atom is -0.326 e. The lowest BCUT2D eigenvalue weighted by Gasteiger charge is -2.16. The van der Waals surface area contributed by atoms with E-state index in [4.69, 9.17) is 0 Å². The summed E-state index contributed by atoms with van der Waals surface area (Å²) >= 11 is 0. The summed E-state index contributed by atoms with van der Waals surface area (Å²) in [5.41, 5.74) is -1.92. The first-order valence-electron chi connectivity index (χ1n) is 8.07. The van der Waals surface area contributed by atoms with Crippen LogP contribution in [-0.4, -0.2) is 14.3 Å². The third kappa shape index (κ3) is 4.25. The van der Waals surface area contributed by atoms with Gasteiger partial charge in [-0.2, -0.15) is 13.2 Å². The fourth-order valence-corrected chi connectivity index (χ4v) is 3.80. The van der Waals surface area contributed by atoms with Crippen LogP contribution >= 0.6 is 0 Å². The highest BCUT2D eigenvalue weighted by Gasteiger charge is 2.35. The van der Waals surface area contributed by atoms with Gasteiger partial charge in [-0.3, -0.25) is 9.52 Å². The summed E-state index contributed by atoms with van der Waals surface area (Å²) in [6.45, 7) is 1.16. The highest BCUT2D eigenvalue weighted by atomic mass is 32.2. The maximum absolute atomic E-state index is 13.4. The van der Waals surface area contributed by atoms with Crippen molar-refractivity contribution in [1.82, 2.24) is 0 Å². The fraction of sp³-hybridized carbons (Fsp3) is 0.105. The van der Waals surface area contributed by atoms with Gasteiger partial charge in [-0.15, -0.1) is 0 Å². The molecule has 0 radical (unpaired) electrons. The van der Waals surface area contributed by atoms with Crippen molar-refractivity contribution in [2.75, 3.05) is 10.0 Å². The SMILES string of the molecule is CC(=O)Nc1ccc(NS(=O)(=O)c2ccc3ccccc3c2)c(C(F)(F)F)c1. The van der Waals surface area contributed by atoms with E-state index in [9.17, 15) is 26.4 Å². The predicted octanol–water partition coefficient (Wildman–Crippen LogP) is 4.62. The number of fused-ring (bicyclic) bond motifs is 1. The zero-order valence-electron chi connectivity index (χ0n) is 14.5. The molecule has 28 heavy (non-hydrogen) atoms. The molecule has 146 valence electrons. The quantitative estimate of drug-likeness (QED) is 0.662. The molecule has 0 fully saturated rings. The Balaban J connectivity index is 2.01. The van der Waals surface area contributed by atoms with Crippen molar-refractivity contribution < 1.29 is 26.4 Å². The molecule has 3 aromatic carbocycles. The van der Waals surface area contributed by atoms with Crippen LogP contribution in [0.15, 0.2) is 65.6 Å². The van der Waals surface area contributed by atoms with Crippen LogP contribution in [0.4, 0.5) is 24.5 Å². The number of rotatable bonds is 4. The number of benzene rings is 3. The van der Waals surface area contributed by atoms with Crippen molar-refractivity contribution in [2.45, 2.75) is 18.0 Å². The van der Waals surface area contributed by atoms with Gasteiger partial charge in [0.1, 0.15) is 0 Å². The molecule has 0 spiro atoms. The molecular formula is C19H15F3N2O3S. The molecule has 9 heteroatoms. The Morgan fingerprint density at radius 1 is 0.929 bits per heavy atom. The Hall–Kier alpha value is -3.07. The van der Waals surface area contributed by atoms with E-state index in [0.717, 1.165) is 18.4 Å². The van der Waals surface area contributed by atoms with Gasteiger partial charge in [0.2, 0.25) is 5.91 Å². The molecule has 0 unspecified atom stereocenters. The van der Waals surface area contributed by atoms with Gasteiger partial charge in [-0.1, -0.05) is 30.3 Å². The van der Waals surface area contributed by atoms with Gasteiger partial charge in [0.25, 0.3) is 10.0 Å². The Labute approximate surface area is 159 Å². The lowest BCUT2D eigenvalue weighted by atomic mass is 10.1. The summed E-state index contributed by atoms with van der Waals surface area (Å²) in [5.74, 6) is -0.544. The van der Waals surface area contributed by atoms with E-state index >= 15 is 0 Å². The summed E-state index contributed by atoms with van der Waals surface area (Å²) in [6, 6.07) is 14.1. The Morgan fingerprint density at radius 2 is 1.61 bits per heavy atom. The average Bonchev–Trinajstić information content (AvgIpc) is 2.61.